The Morgan fingerprint density at radius 1 is 1.21 bits per heavy atom. The van der Waals surface area contributed by atoms with Crippen LogP contribution in [0.5, 0.6) is 0 Å². The minimum atomic E-state index is 0.0417. The van der Waals surface area contributed by atoms with Crippen molar-refractivity contribution in [1.82, 2.24) is 0 Å². The van der Waals surface area contributed by atoms with Crippen molar-refractivity contribution in [3.8, 4) is 0 Å². The van der Waals surface area contributed by atoms with Gasteiger partial charge < -0.3 is 0 Å². The van der Waals surface area contributed by atoms with Crippen molar-refractivity contribution in [3.05, 3.63) is 35.9 Å². The molecule has 14 heavy (non-hydrogen) atoms. The first-order chi connectivity index (χ1) is 6.85. The Labute approximate surface area is 109 Å². The topological polar surface area (TPSA) is 0 Å². The molecule has 3 heteroatoms. The summed E-state index contributed by atoms with van der Waals surface area (Å²) >= 11 is 6.44. The van der Waals surface area contributed by atoms with Gasteiger partial charge >= 0.3 is 16.0 Å². The zero-order valence-electron chi connectivity index (χ0n) is 8.60. The Morgan fingerprint density at radius 3 is 2.29 bits per heavy atom. The summed E-state index contributed by atoms with van der Waals surface area (Å²) in [6.45, 7) is 2.23. The van der Waals surface area contributed by atoms with Gasteiger partial charge in [0.05, 0.1) is 0 Å². The van der Waals surface area contributed by atoms with Crippen molar-refractivity contribution in [2.24, 2.45) is 0 Å². The van der Waals surface area contributed by atoms with E-state index in [1.165, 1.54) is 31.2 Å². The standard InChI is InChI=1S/C11H15.2BrH.Mg/c1-2-3-5-8-11-9-6-4-7-10-11;;;/h6-7,9-10H,2-3,5,8H2,1H3;2*1H;/q;;;+2/p-2. The van der Waals surface area contributed by atoms with E-state index in [2.05, 4.69) is 50.9 Å². The van der Waals surface area contributed by atoms with Crippen LogP contribution in [0.4, 0.5) is 0 Å². The van der Waals surface area contributed by atoms with Crippen molar-refractivity contribution in [2.45, 2.75) is 32.6 Å². The van der Waals surface area contributed by atoms with E-state index in [4.69, 9.17) is 0 Å². The molecule has 0 aromatic heterocycles. The van der Waals surface area contributed by atoms with Crippen LogP contribution in [0.15, 0.2) is 24.3 Å². The maximum atomic E-state index is 3.20. The van der Waals surface area contributed by atoms with Gasteiger partial charge in [0.1, 0.15) is 0 Å². The van der Waals surface area contributed by atoms with Crippen molar-refractivity contribution in [2.75, 3.05) is 0 Å². The third-order valence-electron chi connectivity index (χ3n) is 1.86. The molecule has 0 saturated carbocycles. The van der Waals surface area contributed by atoms with E-state index in [9.17, 15) is 0 Å². The molecule has 0 spiro atoms. The van der Waals surface area contributed by atoms with E-state index >= 15 is 0 Å². The fraction of sp³-hybridized carbons (Fsp3) is 0.455. The smallest absolute Gasteiger partial charge is 0.280 e. The van der Waals surface area contributed by atoms with Crippen LogP contribution in [0, 0.1) is 6.07 Å². The second-order valence-corrected chi connectivity index (χ2v) is 11.0. The second kappa shape index (κ2) is 12.0. The minimum Gasteiger partial charge on any atom is -0.280 e. The molecule has 0 heterocycles. The summed E-state index contributed by atoms with van der Waals surface area (Å²) in [4.78, 5) is 0. The Bertz CT molecular complexity index is 202. The molecule has 0 fully saturated rings. The molecule has 1 radical (unpaired) electrons. The van der Waals surface area contributed by atoms with E-state index < -0.39 is 0 Å². The van der Waals surface area contributed by atoms with Crippen LogP contribution in [-0.2, 0) is 6.42 Å². The molecule has 75 valence electrons. The van der Waals surface area contributed by atoms with Crippen molar-refractivity contribution in [1.29, 1.82) is 0 Å². The van der Waals surface area contributed by atoms with Crippen molar-refractivity contribution in [3.63, 3.8) is 0 Å². The lowest BCUT2D eigenvalue weighted by Gasteiger charge is -1.98. The fourth-order valence-corrected chi connectivity index (χ4v) is 1.17. The molecule has 0 bridgehead atoms. The molecule has 0 unspecified atom stereocenters. The first-order valence-corrected chi connectivity index (χ1v) is 12.7. The maximum Gasteiger partial charge on any atom is 0.560 e. The Kier molecular flexibility index (Phi) is 12.8. The molecule has 1 aromatic carbocycles. The van der Waals surface area contributed by atoms with Gasteiger partial charge in [0, 0.05) is 0 Å². The first kappa shape index (κ1) is 14.9. The van der Waals surface area contributed by atoms with Gasteiger partial charge in [-0.2, -0.15) is 0 Å². The zero-order valence-corrected chi connectivity index (χ0v) is 13.2. The van der Waals surface area contributed by atoms with Gasteiger partial charge in [0.2, 0.25) is 0 Å². The molecule has 0 N–H and O–H groups in total. The van der Waals surface area contributed by atoms with Gasteiger partial charge in [0.25, 0.3) is 0 Å². The zero-order chi connectivity index (χ0) is 10.6. The van der Waals surface area contributed by atoms with E-state index in [0.29, 0.717) is 0 Å². The second-order valence-electron chi connectivity index (χ2n) is 2.97. The summed E-state index contributed by atoms with van der Waals surface area (Å²) < 4.78 is 0. The minimum absolute atomic E-state index is 0.0417. The van der Waals surface area contributed by atoms with Crippen LogP contribution >= 0.6 is 25.8 Å². The fourth-order valence-electron chi connectivity index (χ4n) is 1.17. The molecule has 1 aromatic rings. The van der Waals surface area contributed by atoms with E-state index in [0.717, 1.165) is 0 Å². The largest absolute Gasteiger partial charge is 0.560 e. The van der Waals surface area contributed by atoms with E-state index in [-0.39, 0.29) is 16.0 Å². The van der Waals surface area contributed by atoms with Crippen LogP contribution in [0.3, 0.4) is 0 Å². The van der Waals surface area contributed by atoms with Gasteiger partial charge in [-0.25, -0.2) is 0 Å². The van der Waals surface area contributed by atoms with Gasteiger partial charge in [-0.3, -0.25) is 25.8 Å². The van der Waals surface area contributed by atoms with Crippen LogP contribution in [-0.4, -0.2) is 16.0 Å². The third kappa shape index (κ3) is 9.50. The molecule has 0 saturated heterocycles. The average molecular weight is 331 g/mol. The number of hydrogen-bond donors (Lipinski definition) is 0. The van der Waals surface area contributed by atoms with Gasteiger partial charge in [-0.05, 0) is 24.5 Å². The Balaban J connectivity index is 0.000000500. The van der Waals surface area contributed by atoms with Crippen LogP contribution in [0.25, 0.3) is 0 Å². The highest BCUT2D eigenvalue weighted by atomic mass is 79.9. The summed E-state index contributed by atoms with van der Waals surface area (Å²) in [5.41, 5.74) is 1.44. The Morgan fingerprint density at radius 2 is 1.79 bits per heavy atom. The van der Waals surface area contributed by atoms with E-state index in [1.807, 2.05) is 12.1 Å². The SMILES string of the molecule is CCCCCc1cc[c]cc1.[Br][Mg][Br]. The molecule has 0 aliphatic rings. The highest BCUT2D eigenvalue weighted by Crippen LogP contribution is 2.04. The Hall–Kier alpha value is 0.946. The van der Waals surface area contributed by atoms with E-state index in [1.54, 1.807) is 0 Å². The number of hydrogen-bond acceptors (Lipinski definition) is 0. The molecule has 0 nitrogen and oxygen atoms in total. The molecule has 0 atom stereocenters. The van der Waals surface area contributed by atoms with Crippen LogP contribution < -0.4 is 0 Å². The highest BCUT2D eigenvalue weighted by Gasteiger charge is 1.89. The van der Waals surface area contributed by atoms with Crippen molar-refractivity contribution < 1.29 is 0 Å². The summed E-state index contributed by atoms with van der Waals surface area (Å²) in [6.07, 6.45) is 5.20. The number of benzene rings is 1. The summed E-state index contributed by atoms with van der Waals surface area (Å²) in [7, 11) is 0. The molecule has 0 aliphatic heterocycles. The van der Waals surface area contributed by atoms with Gasteiger partial charge in [-0.1, -0.05) is 44.0 Å². The van der Waals surface area contributed by atoms with Crippen LogP contribution in [0.2, 0.25) is 0 Å². The summed E-state index contributed by atoms with van der Waals surface area (Å²) in [5, 5.41) is 0. The van der Waals surface area contributed by atoms with Crippen molar-refractivity contribution >= 4 is 41.8 Å². The number of unbranched alkanes of at least 4 members (excludes halogenated alkanes) is 2. The quantitative estimate of drug-likeness (QED) is 0.562. The molecule has 0 amide bonds. The molecular formula is C11H15Br2Mg. The molecule has 1 rings (SSSR count). The lowest BCUT2D eigenvalue weighted by Crippen LogP contribution is -1.83. The predicted octanol–water partition coefficient (Wildman–Crippen LogP) is 4.53. The monoisotopic (exact) mass is 329 g/mol. The highest BCUT2D eigenvalue weighted by molar-refractivity contribution is 9.47. The normalized spacial score (nSPS) is 8.50. The first-order valence-electron chi connectivity index (χ1n) is 4.92. The number of rotatable bonds is 4. The maximum absolute atomic E-state index is 3.20. The van der Waals surface area contributed by atoms with Gasteiger partial charge in [0.15, 0.2) is 0 Å². The number of halogens is 2. The van der Waals surface area contributed by atoms with Gasteiger partial charge in [-0.15, -0.1) is 0 Å². The van der Waals surface area contributed by atoms with Crippen LogP contribution in [0.1, 0.15) is 31.7 Å². The summed E-state index contributed by atoms with van der Waals surface area (Å²) in [6, 6.07) is 11.3. The lowest BCUT2D eigenvalue weighted by atomic mass is 10.1. The molecular weight excluding hydrogens is 316 g/mol. The number of aryl methyl sites for hydroxylation is 1. The predicted molar refractivity (Wildman–Crippen MR) is 72.1 cm³/mol. The lowest BCUT2D eigenvalue weighted by molar-refractivity contribution is 0.717. The molecule has 0 aliphatic carbocycles. The summed E-state index contributed by atoms with van der Waals surface area (Å²) in [5.74, 6) is 0. The average Bonchev–Trinajstić information content (AvgIpc) is 2.21. The third-order valence-corrected chi connectivity index (χ3v) is 1.86.